The van der Waals surface area contributed by atoms with Crippen molar-refractivity contribution in [2.24, 2.45) is 5.73 Å². The molecule has 41 heavy (non-hydrogen) atoms. The lowest BCUT2D eigenvalue weighted by atomic mass is 9.85. The SMILES string of the molecule is CCC(=O)OC(C)C(c1cc(C)cc(OC)c1)c1cc(C)cc(OC)c1.COc1ccnc(C(N)=O)c1OC(C)=O. The van der Waals surface area contributed by atoms with Gasteiger partial charge in [0.05, 0.1) is 21.3 Å². The van der Waals surface area contributed by atoms with Crippen LogP contribution in [0.2, 0.25) is 0 Å². The lowest BCUT2D eigenvalue weighted by Gasteiger charge is -2.26. The van der Waals surface area contributed by atoms with Gasteiger partial charge in [-0.15, -0.1) is 0 Å². The van der Waals surface area contributed by atoms with Crippen molar-refractivity contribution < 1.29 is 38.1 Å². The number of methoxy groups -OCH3 is 3. The van der Waals surface area contributed by atoms with Crippen LogP contribution in [0.3, 0.4) is 0 Å². The number of aryl methyl sites for hydroxylation is 2. The van der Waals surface area contributed by atoms with Gasteiger partial charge in [0.15, 0.2) is 11.4 Å². The highest BCUT2D eigenvalue weighted by Crippen LogP contribution is 2.35. The smallest absolute Gasteiger partial charge is 0.308 e. The summed E-state index contributed by atoms with van der Waals surface area (Å²) in [5.74, 6) is 0.0649. The van der Waals surface area contributed by atoms with Crippen LogP contribution in [0.25, 0.3) is 0 Å². The Labute approximate surface area is 240 Å². The lowest BCUT2D eigenvalue weighted by molar-refractivity contribution is -0.148. The Balaban J connectivity index is 0.000000333. The van der Waals surface area contributed by atoms with Gasteiger partial charge < -0.3 is 29.4 Å². The van der Waals surface area contributed by atoms with Gasteiger partial charge in [0.1, 0.15) is 17.6 Å². The molecule has 0 saturated heterocycles. The fraction of sp³-hybridized carbons (Fsp3) is 0.355. The fourth-order valence-corrected chi connectivity index (χ4v) is 4.25. The Morgan fingerprint density at radius 1 is 0.878 bits per heavy atom. The van der Waals surface area contributed by atoms with Gasteiger partial charge in [0.2, 0.25) is 5.75 Å². The highest BCUT2D eigenvalue weighted by atomic mass is 16.6. The number of hydrogen-bond donors (Lipinski definition) is 1. The third-order valence-electron chi connectivity index (χ3n) is 5.98. The molecule has 0 aliphatic heterocycles. The summed E-state index contributed by atoms with van der Waals surface area (Å²) in [7, 11) is 4.70. The van der Waals surface area contributed by atoms with Crippen LogP contribution in [0, 0.1) is 13.8 Å². The van der Waals surface area contributed by atoms with Crippen molar-refractivity contribution in [3.63, 3.8) is 0 Å². The van der Waals surface area contributed by atoms with Gasteiger partial charge in [-0.05, 0) is 67.3 Å². The number of ether oxygens (including phenoxy) is 5. The van der Waals surface area contributed by atoms with E-state index in [-0.39, 0.29) is 35.2 Å². The number of aromatic nitrogens is 1. The molecule has 0 aliphatic carbocycles. The topological polar surface area (TPSA) is 136 Å². The summed E-state index contributed by atoms with van der Waals surface area (Å²) in [6.07, 6.45) is 1.37. The summed E-state index contributed by atoms with van der Waals surface area (Å²) in [5.41, 5.74) is 9.22. The molecule has 1 unspecified atom stereocenters. The zero-order chi connectivity index (χ0) is 30.7. The van der Waals surface area contributed by atoms with Gasteiger partial charge in [-0.3, -0.25) is 14.4 Å². The first-order valence-corrected chi connectivity index (χ1v) is 13.0. The number of esters is 2. The molecule has 1 aromatic heterocycles. The minimum atomic E-state index is -0.787. The number of amides is 1. The van der Waals surface area contributed by atoms with Gasteiger partial charge in [-0.2, -0.15) is 0 Å². The van der Waals surface area contributed by atoms with Crippen molar-refractivity contribution in [1.82, 2.24) is 4.98 Å². The van der Waals surface area contributed by atoms with Crippen LogP contribution in [0.1, 0.15) is 65.9 Å². The number of pyridine rings is 1. The van der Waals surface area contributed by atoms with Crippen molar-refractivity contribution >= 4 is 17.8 Å². The Kier molecular flexibility index (Phi) is 12.1. The molecule has 1 amide bonds. The summed E-state index contributed by atoms with van der Waals surface area (Å²) in [5, 5.41) is 0. The minimum Gasteiger partial charge on any atom is -0.497 e. The summed E-state index contributed by atoms with van der Waals surface area (Å²) in [6, 6.07) is 13.7. The van der Waals surface area contributed by atoms with Gasteiger partial charge in [-0.1, -0.05) is 19.1 Å². The summed E-state index contributed by atoms with van der Waals surface area (Å²) in [4.78, 5) is 37.4. The summed E-state index contributed by atoms with van der Waals surface area (Å²) < 4.78 is 26.3. The van der Waals surface area contributed by atoms with Crippen molar-refractivity contribution in [3.8, 4) is 23.0 Å². The normalized spacial score (nSPS) is 11.0. The number of nitrogens with two attached hydrogens (primary N) is 1. The van der Waals surface area contributed by atoms with E-state index in [1.807, 2.05) is 45.0 Å². The van der Waals surface area contributed by atoms with Crippen LogP contribution >= 0.6 is 0 Å². The maximum absolute atomic E-state index is 11.9. The average molecular weight is 567 g/mol. The van der Waals surface area contributed by atoms with E-state index < -0.39 is 11.9 Å². The molecule has 220 valence electrons. The Morgan fingerprint density at radius 3 is 1.83 bits per heavy atom. The number of rotatable bonds is 10. The zero-order valence-electron chi connectivity index (χ0n) is 24.8. The second kappa shape index (κ2) is 15.3. The van der Waals surface area contributed by atoms with Gasteiger partial charge in [0.25, 0.3) is 5.91 Å². The predicted molar refractivity (Wildman–Crippen MR) is 154 cm³/mol. The van der Waals surface area contributed by atoms with E-state index in [0.717, 1.165) is 33.8 Å². The molecule has 1 heterocycles. The van der Waals surface area contributed by atoms with Crippen molar-refractivity contribution in [1.29, 1.82) is 0 Å². The molecule has 0 spiro atoms. The molecule has 0 radical (unpaired) electrons. The maximum atomic E-state index is 11.9. The highest BCUT2D eigenvalue weighted by Gasteiger charge is 2.26. The monoisotopic (exact) mass is 566 g/mol. The number of carbonyl (C=O) groups excluding carboxylic acids is 3. The molecule has 1 atom stereocenters. The quantitative estimate of drug-likeness (QED) is 0.340. The molecule has 3 rings (SSSR count). The van der Waals surface area contributed by atoms with Crippen molar-refractivity contribution in [3.05, 3.63) is 76.6 Å². The van der Waals surface area contributed by atoms with E-state index in [9.17, 15) is 14.4 Å². The van der Waals surface area contributed by atoms with Gasteiger partial charge >= 0.3 is 11.9 Å². The molecule has 0 saturated carbocycles. The van der Waals surface area contributed by atoms with Crippen LogP contribution < -0.4 is 24.7 Å². The second-order valence-electron chi connectivity index (χ2n) is 9.24. The summed E-state index contributed by atoms with van der Waals surface area (Å²) >= 11 is 0. The molecule has 10 nitrogen and oxygen atoms in total. The minimum absolute atomic E-state index is 0.0556. The average Bonchev–Trinajstić information content (AvgIpc) is 2.92. The van der Waals surface area contributed by atoms with E-state index in [2.05, 4.69) is 17.1 Å². The van der Waals surface area contributed by atoms with E-state index in [0.29, 0.717) is 6.42 Å². The molecule has 0 bridgehead atoms. The second-order valence-corrected chi connectivity index (χ2v) is 9.24. The number of carbonyl (C=O) groups is 3. The summed E-state index contributed by atoms with van der Waals surface area (Å²) in [6.45, 7) is 9.00. The molecule has 10 heteroatoms. The Morgan fingerprint density at radius 2 is 1.41 bits per heavy atom. The van der Waals surface area contributed by atoms with Gasteiger partial charge in [0, 0.05) is 31.5 Å². The largest absolute Gasteiger partial charge is 0.497 e. The Bertz CT molecular complexity index is 1320. The third-order valence-corrected chi connectivity index (χ3v) is 5.98. The first kappa shape index (κ1) is 32.6. The van der Waals surface area contributed by atoms with E-state index in [1.54, 1.807) is 21.1 Å². The van der Waals surface area contributed by atoms with Crippen LogP contribution in [0.4, 0.5) is 0 Å². The van der Waals surface area contributed by atoms with Crippen molar-refractivity contribution in [2.75, 3.05) is 21.3 Å². The first-order chi connectivity index (χ1) is 19.4. The standard InChI is InChI=1S/C22H28O4.C9H10N2O4/c1-7-21(23)26-16(4)22(17-8-14(2)10-19(12-17)24-5)18-9-15(3)11-20(13-18)25-6;1-5(12)15-8-6(14-2)3-4-11-7(8)9(10)13/h8-13,16,22H,7H2,1-6H3;3-4H,1-2H3,(H2,10,13). The van der Waals surface area contributed by atoms with Crippen LogP contribution in [0.15, 0.2) is 48.7 Å². The molecule has 2 N–H and O–H groups in total. The van der Waals surface area contributed by atoms with E-state index >= 15 is 0 Å². The molecule has 0 fully saturated rings. The van der Waals surface area contributed by atoms with Crippen molar-refractivity contribution in [2.45, 2.75) is 53.1 Å². The van der Waals surface area contributed by atoms with Crippen LogP contribution in [-0.4, -0.2) is 50.3 Å². The number of primary amides is 1. The van der Waals surface area contributed by atoms with Gasteiger partial charge in [-0.25, -0.2) is 4.98 Å². The van der Waals surface area contributed by atoms with Crippen LogP contribution in [0.5, 0.6) is 23.0 Å². The molecular weight excluding hydrogens is 528 g/mol. The molecule has 3 aromatic rings. The van der Waals surface area contributed by atoms with E-state index in [4.69, 9.17) is 29.4 Å². The Hall–Kier alpha value is -4.60. The predicted octanol–water partition coefficient (Wildman–Crippen LogP) is 4.91. The first-order valence-electron chi connectivity index (χ1n) is 13.0. The zero-order valence-corrected chi connectivity index (χ0v) is 24.8. The van der Waals surface area contributed by atoms with Crippen LogP contribution in [-0.2, 0) is 14.3 Å². The lowest BCUT2D eigenvalue weighted by Crippen LogP contribution is -2.23. The molecular formula is C31H38N2O8. The molecule has 2 aromatic carbocycles. The fourth-order valence-electron chi connectivity index (χ4n) is 4.25. The highest BCUT2D eigenvalue weighted by molar-refractivity contribution is 5.95. The number of benzene rings is 2. The molecule has 0 aliphatic rings. The third kappa shape index (κ3) is 9.23. The maximum Gasteiger partial charge on any atom is 0.308 e. The number of nitrogens with zero attached hydrogens (tertiary/aromatic N) is 1. The number of hydrogen-bond acceptors (Lipinski definition) is 9. The van der Waals surface area contributed by atoms with E-state index in [1.165, 1.54) is 26.3 Å².